The molecule has 10 heavy (non-hydrogen) atoms. The van der Waals surface area contributed by atoms with Crippen molar-refractivity contribution in [3.63, 3.8) is 0 Å². The highest BCUT2D eigenvalue weighted by atomic mass is 15.3. The van der Waals surface area contributed by atoms with Crippen molar-refractivity contribution in [1.29, 1.82) is 0 Å². The van der Waals surface area contributed by atoms with Crippen molar-refractivity contribution in [3.05, 3.63) is 0 Å². The van der Waals surface area contributed by atoms with Crippen LogP contribution in [0.5, 0.6) is 0 Å². The van der Waals surface area contributed by atoms with Gasteiger partial charge >= 0.3 is 0 Å². The summed E-state index contributed by atoms with van der Waals surface area (Å²) < 4.78 is 0. The van der Waals surface area contributed by atoms with Crippen molar-refractivity contribution in [2.75, 3.05) is 6.54 Å². The Hall–Kier alpha value is -0.600. The molecule has 58 valence electrons. The second kappa shape index (κ2) is 4.25. The zero-order valence-electron chi connectivity index (χ0n) is 6.29. The summed E-state index contributed by atoms with van der Waals surface area (Å²) in [4.78, 5) is 0. The Morgan fingerprint density at radius 3 is 2.50 bits per heavy atom. The molecule has 1 aliphatic carbocycles. The lowest BCUT2D eigenvalue weighted by Crippen LogP contribution is -2.09. The fourth-order valence-corrected chi connectivity index (χ4v) is 1.53. The molecule has 0 saturated heterocycles. The first kappa shape index (κ1) is 7.51. The molecule has 1 fully saturated rings. The van der Waals surface area contributed by atoms with Gasteiger partial charge in [-0.05, 0) is 18.8 Å². The molecule has 0 aromatic carbocycles. The number of nitrogens with two attached hydrogens (primary N) is 1. The monoisotopic (exact) mass is 141 g/mol. The van der Waals surface area contributed by atoms with E-state index in [0.29, 0.717) is 0 Å². The van der Waals surface area contributed by atoms with E-state index in [0.717, 1.165) is 12.5 Å². The summed E-state index contributed by atoms with van der Waals surface area (Å²) in [6.07, 6.45) is 6.77. The SMILES string of the molecule is NN=NCC1CCCCC1. The Labute approximate surface area is 61.7 Å². The van der Waals surface area contributed by atoms with Crippen LogP contribution in [-0.2, 0) is 0 Å². The van der Waals surface area contributed by atoms with Crippen LogP contribution in [0.2, 0.25) is 0 Å². The van der Waals surface area contributed by atoms with Crippen LogP contribution in [0.4, 0.5) is 0 Å². The molecule has 3 nitrogen and oxygen atoms in total. The predicted molar refractivity (Wildman–Crippen MR) is 40.5 cm³/mol. The largest absolute Gasteiger partial charge is 0.305 e. The molecule has 0 spiro atoms. The Morgan fingerprint density at radius 1 is 1.20 bits per heavy atom. The molecule has 1 aliphatic rings. The first-order valence-corrected chi connectivity index (χ1v) is 4.00. The molecule has 0 bridgehead atoms. The van der Waals surface area contributed by atoms with E-state index in [2.05, 4.69) is 10.3 Å². The Balaban J connectivity index is 2.13. The highest BCUT2D eigenvalue weighted by molar-refractivity contribution is 4.66. The van der Waals surface area contributed by atoms with Gasteiger partial charge in [-0.15, -0.1) is 0 Å². The van der Waals surface area contributed by atoms with Crippen LogP contribution in [0.3, 0.4) is 0 Å². The molecule has 0 radical (unpaired) electrons. The zero-order valence-corrected chi connectivity index (χ0v) is 6.29. The summed E-state index contributed by atoms with van der Waals surface area (Å²) in [5, 5.41) is 7.05. The Morgan fingerprint density at radius 2 is 1.90 bits per heavy atom. The van der Waals surface area contributed by atoms with E-state index >= 15 is 0 Å². The topological polar surface area (TPSA) is 50.7 Å². The number of rotatable bonds is 2. The van der Waals surface area contributed by atoms with Gasteiger partial charge in [0.25, 0.3) is 0 Å². The van der Waals surface area contributed by atoms with Crippen LogP contribution < -0.4 is 5.84 Å². The van der Waals surface area contributed by atoms with Gasteiger partial charge < -0.3 is 5.84 Å². The molecule has 0 atom stereocenters. The average molecular weight is 141 g/mol. The lowest BCUT2D eigenvalue weighted by molar-refractivity contribution is 0.362. The minimum atomic E-state index is 0.765. The van der Waals surface area contributed by atoms with E-state index in [4.69, 9.17) is 5.84 Å². The Bertz CT molecular complexity index is 105. The number of hydrogen-bond acceptors (Lipinski definition) is 2. The summed E-state index contributed by atoms with van der Waals surface area (Å²) in [7, 11) is 0. The molecule has 1 rings (SSSR count). The molecule has 1 saturated carbocycles. The maximum absolute atomic E-state index is 4.90. The lowest BCUT2D eigenvalue weighted by Gasteiger charge is -2.18. The minimum Gasteiger partial charge on any atom is -0.305 e. The van der Waals surface area contributed by atoms with Gasteiger partial charge in [-0.1, -0.05) is 24.5 Å². The van der Waals surface area contributed by atoms with Crippen LogP contribution in [0, 0.1) is 5.92 Å². The summed E-state index contributed by atoms with van der Waals surface area (Å²) in [6, 6.07) is 0. The highest BCUT2D eigenvalue weighted by Gasteiger charge is 2.11. The van der Waals surface area contributed by atoms with Crippen molar-refractivity contribution in [3.8, 4) is 0 Å². The van der Waals surface area contributed by atoms with Crippen LogP contribution >= 0.6 is 0 Å². The molecule has 2 N–H and O–H groups in total. The molecule has 0 amide bonds. The summed E-state index contributed by atoms with van der Waals surface area (Å²) in [5.41, 5.74) is 0. The maximum atomic E-state index is 4.90. The van der Waals surface area contributed by atoms with E-state index < -0.39 is 0 Å². The third-order valence-electron chi connectivity index (χ3n) is 2.15. The molecule has 0 aromatic rings. The third-order valence-corrected chi connectivity index (χ3v) is 2.15. The summed E-state index contributed by atoms with van der Waals surface area (Å²) in [5.74, 6) is 5.67. The van der Waals surface area contributed by atoms with Gasteiger partial charge in [-0.3, -0.25) is 0 Å². The van der Waals surface area contributed by atoms with Gasteiger partial charge in [-0.25, -0.2) is 0 Å². The average Bonchev–Trinajstić information content (AvgIpc) is 2.03. The number of nitrogens with zero attached hydrogens (tertiary/aromatic N) is 2. The second-order valence-electron chi connectivity index (χ2n) is 2.94. The molecule has 0 aliphatic heterocycles. The fourth-order valence-electron chi connectivity index (χ4n) is 1.53. The van der Waals surface area contributed by atoms with Gasteiger partial charge in [0.1, 0.15) is 0 Å². The molecule has 0 aromatic heterocycles. The van der Waals surface area contributed by atoms with Crippen LogP contribution in [0.1, 0.15) is 32.1 Å². The smallest absolute Gasteiger partial charge is 0.0648 e. The van der Waals surface area contributed by atoms with Crippen LogP contribution in [0.25, 0.3) is 0 Å². The minimum absolute atomic E-state index is 0.765. The van der Waals surface area contributed by atoms with E-state index in [-0.39, 0.29) is 0 Å². The van der Waals surface area contributed by atoms with Gasteiger partial charge in [0.2, 0.25) is 0 Å². The molecule has 3 heteroatoms. The van der Waals surface area contributed by atoms with E-state index in [1.54, 1.807) is 0 Å². The Kier molecular flexibility index (Phi) is 3.19. The third kappa shape index (κ3) is 2.33. The van der Waals surface area contributed by atoms with Crippen molar-refractivity contribution in [2.45, 2.75) is 32.1 Å². The van der Waals surface area contributed by atoms with Crippen molar-refractivity contribution >= 4 is 0 Å². The van der Waals surface area contributed by atoms with Crippen molar-refractivity contribution < 1.29 is 0 Å². The lowest BCUT2D eigenvalue weighted by atomic mass is 9.89. The van der Waals surface area contributed by atoms with Gasteiger partial charge in [0, 0.05) is 0 Å². The first-order valence-electron chi connectivity index (χ1n) is 4.00. The van der Waals surface area contributed by atoms with Gasteiger partial charge in [0.05, 0.1) is 6.54 Å². The number of hydrogen-bond donors (Lipinski definition) is 1. The predicted octanol–water partition coefficient (Wildman–Crippen LogP) is 1.89. The van der Waals surface area contributed by atoms with Crippen molar-refractivity contribution in [2.24, 2.45) is 22.1 Å². The van der Waals surface area contributed by atoms with E-state index in [9.17, 15) is 0 Å². The molecular weight excluding hydrogens is 126 g/mol. The zero-order chi connectivity index (χ0) is 7.23. The standard InChI is InChI=1S/C7H15N3/c8-10-9-6-7-4-2-1-3-5-7/h7H,1-6H2,(H2,8,9). The summed E-state index contributed by atoms with van der Waals surface area (Å²) >= 11 is 0. The second-order valence-corrected chi connectivity index (χ2v) is 2.94. The van der Waals surface area contributed by atoms with E-state index in [1.807, 2.05) is 0 Å². The normalized spacial score (nSPS) is 22.0. The molecule has 0 heterocycles. The maximum Gasteiger partial charge on any atom is 0.0648 e. The van der Waals surface area contributed by atoms with Crippen molar-refractivity contribution in [1.82, 2.24) is 0 Å². The van der Waals surface area contributed by atoms with Gasteiger partial charge in [-0.2, -0.15) is 5.11 Å². The van der Waals surface area contributed by atoms with Crippen LogP contribution in [-0.4, -0.2) is 6.54 Å². The van der Waals surface area contributed by atoms with E-state index in [1.165, 1.54) is 32.1 Å². The molecule has 0 unspecified atom stereocenters. The highest BCUT2D eigenvalue weighted by Crippen LogP contribution is 2.23. The quantitative estimate of drug-likeness (QED) is 0.356. The fraction of sp³-hybridized carbons (Fsp3) is 1.00. The molecular formula is C7H15N3. The first-order chi connectivity index (χ1) is 4.93. The van der Waals surface area contributed by atoms with Crippen LogP contribution in [0.15, 0.2) is 10.3 Å². The van der Waals surface area contributed by atoms with Gasteiger partial charge in [0.15, 0.2) is 0 Å². The summed E-state index contributed by atoms with van der Waals surface area (Å²) in [6.45, 7) is 0.844.